The van der Waals surface area contributed by atoms with Gasteiger partial charge in [-0.15, -0.1) is 0 Å². The first kappa shape index (κ1) is 15.0. The summed E-state index contributed by atoms with van der Waals surface area (Å²) in [5, 5.41) is 8.63. The number of carboxylic acids is 1. The molecule has 0 aliphatic heterocycles. The van der Waals surface area contributed by atoms with E-state index in [4.69, 9.17) is 15.3 Å². The maximum absolute atomic E-state index is 10.5. The molecule has 6 heteroatoms. The van der Waals surface area contributed by atoms with Crippen LogP contribution in [0.2, 0.25) is 0 Å². The van der Waals surface area contributed by atoms with E-state index in [1.165, 1.54) is 0 Å². The molecule has 5 nitrogen and oxygen atoms in total. The summed E-state index contributed by atoms with van der Waals surface area (Å²) in [6, 6.07) is -0.785. The first-order valence-electron chi connectivity index (χ1n) is 5.82. The summed E-state index contributed by atoms with van der Waals surface area (Å²) < 4.78 is 5.62. The van der Waals surface area contributed by atoms with Crippen LogP contribution < -0.4 is 5.73 Å². The van der Waals surface area contributed by atoms with Crippen LogP contribution in [0.1, 0.15) is 38.8 Å². The third-order valence-electron chi connectivity index (χ3n) is 2.41. The molecule has 0 aromatic carbocycles. The smallest absolute Gasteiger partial charge is 0.320 e. The van der Waals surface area contributed by atoms with E-state index < -0.39 is 12.0 Å². The quantitative estimate of drug-likeness (QED) is 0.770. The Morgan fingerprint density at radius 1 is 1.61 bits per heavy atom. The van der Waals surface area contributed by atoms with Gasteiger partial charge in [0.25, 0.3) is 0 Å². The Bertz CT molecular complexity index is 398. The van der Waals surface area contributed by atoms with Crippen LogP contribution in [-0.4, -0.2) is 27.9 Å². The van der Waals surface area contributed by atoms with E-state index in [9.17, 15) is 4.79 Å². The van der Waals surface area contributed by atoms with Gasteiger partial charge in [0.2, 0.25) is 5.89 Å². The van der Waals surface area contributed by atoms with Gasteiger partial charge in [0.1, 0.15) is 11.8 Å². The number of nitrogens with two attached hydrogens (primary N) is 1. The maximum Gasteiger partial charge on any atom is 0.320 e. The first-order chi connectivity index (χ1) is 8.30. The third-order valence-corrected chi connectivity index (χ3v) is 3.38. The average molecular weight is 272 g/mol. The van der Waals surface area contributed by atoms with E-state index >= 15 is 0 Å². The molecule has 1 unspecified atom stereocenters. The summed E-state index contributed by atoms with van der Waals surface area (Å²) in [5.74, 6) is 1.90. The molecule has 0 spiro atoms. The number of oxazole rings is 1. The third kappa shape index (κ3) is 4.70. The number of carboxylic acid groups (broad SMARTS) is 1. The summed E-state index contributed by atoms with van der Waals surface area (Å²) in [6.45, 7) is 6.20. The molecule has 102 valence electrons. The highest BCUT2D eigenvalue weighted by Crippen LogP contribution is 2.24. The van der Waals surface area contributed by atoms with Crippen molar-refractivity contribution in [2.75, 3.05) is 5.75 Å². The van der Waals surface area contributed by atoms with E-state index in [-0.39, 0.29) is 5.41 Å². The molecule has 0 aliphatic carbocycles. The molecule has 0 fully saturated rings. The van der Waals surface area contributed by atoms with Gasteiger partial charge in [0, 0.05) is 5.41 Å². The summed E-state index contributed by atoms with van der Waals surface area (Å²) in [7, 11) is 0. The van der Waals surface area contributed by atoms with Crippen molar-refractivity contribution in [1.29, 1.82) is 0 Å². The standard InChI is InChI=1S/C12H20N2O3S/c1-12(2,3)9-6-14-10(17-9)7-18-5-4-8(13)11(15)16/h6,8H,4-5,7,13H2,1-3H3,(H,15,16). The zero-order chi connectivity index (χ0) is 13.8. The second kappa shape index (κ2) is 6.24. The number of aliphatic carboxylic acids is 1. The fraction of sp³-hybridized carbons (Fsp3) is 0.667. The largest absolute Gasteiger partial charge is 0.480 e. The number of thioether (sulfide) groups is 1. The van der Waals surface area contributed by atoms with Gasteiger partial charge in [-0.05, 0) is 12.2 Å². The van der Waals surface area contributed by atoms with Crippen LogP contribution in [0.4, 0.5) is 0 Å². The van der Waals surface area contributed by atoms with Gasteiger partial charge in [-0.25, -0.2) is 4.98 Å². The molecule has 1 aromatic rings. The topological polar surface area (TPSA) is 89.3 Å². The maximum atomic E-state index is 10.5. The monoisotopic (exact) mass is 272 g/mol. The first-order valence-corrected chi connectivity index (χ1v) is 6.97. The Labute approximate surface area is 111 Å². The van der Waals surface area contributed by atoms with Gasteiger partial charge < -0.3 is 15.3 Å². The minimum absolute atomic E-state index is 0.0401. The Morgan fingerprint density at radius 3 is 2.78 bits per heavy atom. The van der Waals surface area contributed by atoms with Crippen LogP contribution in [0.15, 0.2) is 10.6 Å². The number of carbonyl (C=O) groups is 1. The molecule has 3 N–H and O–H groups in total. The summed E-state index contributed by atoms with van der Waals surface area (Å²) in [6.07, 6.45) is 2.20. The second-order valence-corrected chi connectivity index (χ2v) is 6.26. The molecule has 0 bridgehead atoms. The minimum Gasteiger partial charge on any atom is -0.480 e. The predicted octanol–water partition coefficient (Wildman–Crippen LogP) is 2.01. The van der Waals surface area contributed by atoms with Crippen LogP contribution >= 0.6 is 11.8 Å². The second-order valence-electron chi connectivity index (χ2n) is 5.15. The molecule has 1 heterocycles. The highest BCUT2D eigenvalue weighted by atomic mass is 32.2. The Morgan fingerprint density at radius 2 is 2.28 bits per heavy atom. The van der Waals surface area contributed by atoms with Crippen LogP contribution in [0, 0.1) is 0 Å². The lowest BCUT2D eigenvalue weighted by atomic mass is 9.94. The van der Waals surface area contributed by atoms with Crippen molar-refractivity contribution in [1.82, 2.24) is 4.98 Å². The number of rotatable bonds is 6. The van der Waals surface area contributed by atoms with Crippen molar-refractivity contribution < 1.29 is 14.3 Å². The number of nitrogens with zero attached hydrogens (tertiary/aromatic N) is 1. The van der Waals surface area contributed by atoms with Gasteiger partial charge in [-0.1, -0.05) is 20.8 Å². The molecular weight excluding hydrogens is 252 g/mol. The highest BCUT2D eigenvalue weighted by molar-refractivity contribution is 7.98. The zero-order valence-electron chi connectivity index (χ0n) is 11.0. The number of hydrogen-bond donors (Lipinski definition) is 2. The van der Waals surface area contributed by atoms with Crippen LogP contribution in [-0.2, 0) is 16.0 Å². The Hall–Kier alpha value is -1.01. The van der Waals surface area contributed by atoms with Crippen molar-refractivity contribution in [2.45, 2.75) is 44.4 Å². The van der Waals surface area contributed by atoms with Crippen LogP contribution in [0.25, 0.3) is 0 Å². The average Bonchev–Trinajstić information content (AvgIpc) is 2.72. The zero-order valence-corrected chi connectivity index (χ0v) is 11.8. The lowest BCUT2D eigenvalue weighted by Gasteiger charge is -2.13. The van der Waals surface area contributed by atoms with E-state index in [0.29, 0.717) is 23.8 Å². The molecule has 0 amide bonds. The molecule has 18 heavy (non-hydrogen) atoms. The van der Waals surface area contributed by atoms with Crippen LogP contribution in [0.3, 0.4) is 0 Å². The van der Waals surface area contributed by atoms with E-state index in [1.54, 1.807) is 18.0 Å². The number of hydrogen-bond acceptors (Lipinski definition) is 5. The number of aromatic nitrogens is 1. The lowest BCUT2D eigenvalue weighted by Crippen LogP contribution is -2.30. The molecular formula is C12H20N2O3S. The van der Waals surface area contributed by atoms with E-state index in [2.05, 4.69) is 25.8 Å². The molecule has 0 aliphatic rings. The van der Waals surface area contributed by atoms with Gasteiger partial charge in [-0.2, -0.15) is 11.8 Å². The van der Waals surface area contributed by atoms with Crippen molar-refractivity contribution >= 4 is 17.7 Å². The molecule has 0 radical (unpaired) electrons. The molecule has 1 atom stereocenters. The fourth-order valence-electron chi connectivity index (χ4n) is 1.22. The van der Waals surface area contributed by atoms with E-state index in [1.807, 2.05) is 0 Å². The SMILES string of the molecule is CC(C)(C)c1cnc(CSCCC(N)C(=O)O)o1. The summed E-state index contributed by atoms with van der Waals surface area (Å²) >= 11 is 1.58. The predicted molar refractivity (Wildman–Crippen MR) is 71.6 cm³/mol. The summed E-state index contributed by atoms with van der Waals surface area (Å²) in [5.41, 5.74) is 5.37. The Balaban J connectivity index is 2.32. The molecule has 1 aromatic heterocycles. The van der Waals surface area contributed by atoms with E-state index in [0.717, 1.165) is 5.76 Å². The molecule has 0 saturated carbocycles. The van der Waals surface area contributed by atoms with Gasteiger partial charge >= 0.3 is 5.97 Å². The molecule has 0 saturated heterocycles. The van der Waals surface area contributed by atoms with Crippen molar-refractivity contribution in [3.05, 3.63) is 17.8 Å². The Kier molecular flexibility index (Phi) is 5.22. The summed E-state index contributed by atoms with van der Waals surface area (Å²) in [4.78, 5) is 14.7. The van der Waals surface area contributed by atoms with Gasteiger partial charge in [0.05, 0.1) is 11.9 Å². The normalized spacial score (nSPS) is 13.6. The van der Waals surface area contributed by atoms with Crippen molar-refractivity contribution in [3.63, 3.8) is 0 Å². The van der Waals surface area contributed by atoms with Crippen LogP contribution in [0.5, 0.6) is 0 Å². The lowest BCUT2D eigenvalue weighted by molar-refractivity contribution is -0.138. The van der Waals surface area contributed by atoms with Gasteiger partial charge in [-0.3, -0.25) is 4.79 Å². The van der Waals surface area contributed by atoms with Crippen molar-refractivity contribution in [2.24, 2.45) is 5.73 Å². The van der Waals surface area contributed by atoms with Crippen molar-refractivity contribution in [3.8, 4) is 0 Å². The highest BCUT2D eigenvalue weighted by Gasteiger charge is 2.19. The minimum atomic E-state index is -0.957. The van der Waals surface area contributed by atoms with Gasteiger partial charge in [0.15, 0.2) is 0 Å². The fourth-order valence-corrected chi connectivity index (χ4v) is 2.09. The molecule has 1 rings (SSSR count).